The third kappa shape index (κ3) is 0.914. The highest BCUT2D eigenvalue weighted by Crippen LogP contribution is 2.11. The maximum Gasteiger partial charge on any atom is 0.165 e. The molecule has 1 rings (SSSR count). The smallest absolute Gasteiger partial charge is 0.165 e. The minimum absolute atomic E-state index is 0.0162. The third-order valence-corrected chi connectivity index (χ3v) is 1.09. The van der Waals surface area contributed by atoms with E-state index in [1.54, 1.807) is 0 Å². The molecule has 0 spiro atoms. The lowest BCUT2D eigenvalue weighted by Crippen LogP contribution is -1.95. The van der Waals surface area contributed by atoms with Gasteiger partial charge in [0.2, 0.25) is 0 Å². The maximum absolute atomic E-state index is 12.5. The molecular weight excluding hydrogens is 131 g/mol. The summed E-state index contributed by atoms with van der Waals surface area (Å²) in [7, 11) is 0. The number of halogens is 1. The number of rotatable bonds is 0. The van der Waals surface area contributed by atoms with E-state index >= 15 is 0 Å². The summed E-state index contributed by atoms with van der Waals surface area (Å²) in [6, 6.07) is 0. The van der Waals surface area contributed by atoms with Gasteiger partial charge in [-0.05, 0) is 0 Å². The molecule has 3 heteroatoms. The van der Waals surface area contributed by atoms with Gasteiger partial charge in [0.15, 0.2) is 5.82 Å². The standard InChI is InChI=1S/C7H5FN2/c1-2-5-3-10-4-6(8)7(5)9/h1,3-4H,(H2,9,10). The van der Waals surface area contributed by atoms with Crippen molar-refractivity contribution in [2.75, 3.05) is 5.73 Å². The van der Waals surface area contributed by atoms with Crippen LogP contribution < -0.4 is 5.73 Å². The number of hydrogen-bond acceptors (Lipinski definition) is 2. The number of nitrogen functional groups attached to an aromatic ring is 1. The lowest BCUT2D eigenvalue weighted by Gasteiger charge is -1.96. The van der Waals surface area contributed by atoms with E-state index in [4.69, 9.17) is 12.2 Å². The van der Waals surface area contributed by atoms with Crippen LogP contribution >= 0.6 is 0 Å². The molecule has 0 aliphatic heterocycles. The van der Waals surface area contributed by atoms with Crippen LogP contribution in [0.25, 0.3) is 0 Å². The summed E-state index contributed by atoms with van der Waals surface area (Å²) in [5.74, 6) is 1.63. The molecule has 1 aromatic rings. The van der Waals surface area contributed by atoms with Crippen molar-refractivity contribution in [2.45, 2.75) is 0 Å². The van der Waals surface area contributed by atoms with Gasteiger partial charge in [-0.25, -0.2) is 4.39 Å². The number of aromatic nitrogens is 1. The normalized spacial score (nSPS) is 8.80. The van der Waals surface area contributed by atoms with Crippen molar-refractivity contribution in [2.24, 2.45) is 0 Å². The Bertz CT molecular complexity index is 288. The number of terminal acetylenes is 1. The van der Waals surface area contributed by atoms with Gasteiger partial charge in [0.05, 0.1) is 17.4 Å². The van der Waals surface area contributed by atoms with Crippen molar-refractivity contribution < 1.29 is 4.39 Å². The predicted octanol–water partition coefficient (Wildman–Crippen LogP) is 0.784. The van der Waals surface area contributed by atoms with E-state index in [0.717, 1.165) is 6.20 Å². The van der Waals surface area contributed by atoms with Gasteiger partial charge in [-0.15, -0.1) is 6.42 Å². The maximum atomic E-state index is 12.5. The molecule has 50 valence electrons. The fraction of sp³-hybridized carbons (Fsp3) is 0. The molecule has 0 bridgehead atoms. The summed E-state index contributed by atoms with van der Waals surface area (Å²) >= 11 is 0. The molecule has 2 nitrogen and oxygen atoms in total. The SMILES string of the molecule is C#Cc1cncc(F)c1N. The highest BCUT2D eigenvalue weighted by Gasteiger charge is 2.00. The second-order valence-electron chi connectivity index (χ2n) is 1.73. The van der Waals surface area contributed by atoms with Crippen molar-refractivity contribution in [1.82, 2.24) is 4.98 Å². The molecule has 10 heavy (non-hydrogen) atoms. The average Bonchev–Trinajstić information content (AvgIpc) is 1.95. The highest BCUT2D eigenvalue weighted by molar-refractivity contribution is 5.53. The Balaban J connectivity index is 3.31. The van der Waals surface area contributed by atoms with Crippen molar-refractivity contribution in [3.05, 3.63) is 23.8 Å². The Labute approximate surface area is 57.9 Å². The Kier molecular flexibility index (Phi) is 1.55. The van der Waals surface area contributed by atoms with Gasteiger partial charge in [0.25, 0.3) is 0 Å². The van der Waals surface area contributed by atoms with E-state index in [2.05, 4.69) is 10.9 Å². The molecule has 0 atom stereocenters. The number of anilines is 1. The number of pyridine rings is 1. The van der Waals surface area contributed by atoms with Crippen LogP contribution in [0.4, 0.5) is 10.1 Å². The molecule has 0 saturated heterocycles. The van der Waals surface area contributed by atoms with E-state index in [-0.39, 0.29) is 5.69 Å². The van der Waals surface area contributed by atoms with E-state index in [9.17, 15) is 4.39 Å². The highest BCUT2D eigenvalue weighted by atomic mass is 19.1. The van der Waals surface area contributed by atoms with Crippen LogP contribution in [-0.4, -0.2) is 4.98 Å². The predicted molar refractivity (Wildman–Crippen MR) is 36.5 cm³/mol. The first kappa shape index (κ1) is 6.56. The van der Waals surface area contributed by atoms with Gasteiger partial charge >= 0.3 is 0 Å². The molecule has 0 aliphatic rings. The Morgan fingerprint density at radius 1 is 1.60 bits per heavy atom. The van der Waals surface area contributed by atoms with Crippen LogP contribution in [-0.2, 0) is 0 Å². The van der Waals surface area contributed by atoms with Crippen LogP contribution in [0.15, 0.2) is 12.4 Å². The van der Waals surface area contributed by atoms with Crippen molar-refractivity contribution in [3.63, 3.8) is 0 Å². The zero-order valence-electron chi connectivity index (χ0n) is 5.13. The molecule has 0 unspecified atom stereocenters. The van der Waals surface area contributed by atoms with E-state index in [0.29, 0.717) is 5.56 Å². The molecule has 0 saturated carbocycles. The molecule has 2 N–H and O–H groups in total. The van der Waals surface area contributed by atoms with E-state index < -0.39 is 5.82 Å². The Morgan fingerprint density at radius 2 is 2.30 bits per heavy atom. The minimum atomic E-state index is -0.574. The first-order chi connectivity index (χ1) is 4.75. The molecule has 0 fully saturated rings. The van der Waals surface area contributed by atoms with Gasteiger partial charge in [0.1, 0.15) is 0 Å². The van der Waals surface area contributed by atoms with Crippen molar-refractivity contribution in [1.29, 1.82) is 0 Å². The minimum Gasteiger partial charge on any atom is -0.395 e. The average molecular weight is 136 g/mol. The fourth-order valence-electron chi connectivity index (χ4n) is 0.560. The largest absolute Gasteiger partial charge is 0.395 e. The molecule has 1 heterocycles. The molecule has 1 aromatic heterocycles. The van der Waals surface area contributed by atoms with Gasteiger partial charge in [-0.2, -0.15) is 0 Å². The van der Waals surface area contributed by atoms with Crippen molar-refractivity contribution >= 4 is 5.69 Å². The quantitative estimate of drug-likeness (QED) is 0.535. The zero-order chi connectivity index (χ0) is 7.56. The third-order valence-electron chi connectivity index (χ3n) is 1.09. The zero-order valence-corrected chi connectivity index (χ0v) is 5.13. The summed E-state index contributed by atoms with van der Waals surface area (Å²) in [5, 5.41) is 0. The Hall–Kier alpha value is -1.56. The van der Waals surface area contributed by atoms with Gasteiger partial charge in [-0.1, -0.05) is 5.92 Å². The van der Waals surface area contributed by atoms with E-state index in [1.165, 1.54) is 6.20 Å². The van der Waals surface area contributed by atoms with Crippen LogP contribution in [0.2, 0.25) is 0 Å². The topological polar surface area (TPSA) is 38.9 Å². The van der Waals surface area contributed by atoms with Crippen LogP contribution in [0, 0.1) is 18.2 Å². The Morgan fingerprint density at radius 3 is 2.80 bits per heavy atom. The fourth-order valence-corrected chi connectivity index (χ4v) is 0.560. The first-order valence-corrected chi connectivity index (χ1v) is 2.61. The lowest BCUT2D eigenvalue weighted by atomic mass is 10.2. The van der Waals surface area contributed by atoms with Crippen LogP contribution in [0.5, 0.6) is 0 Å². The summed E-state index contributed by atoms with van der Waals surface area (Å²) < 4.78 is 12.5. The number of nitrogens with two attached hydrogens (primary N) is 1. The second kappa shape index (κ2) is 2.36. The number of hydrogen-bond donors (Lipinski definition) is 1. The van der Waals surface area contributed by atoms with Crippen molar-refractivity contribution in [3.8, 4) is 12.3 Å². The molecule has 0 aromatic carbocycles. The van der Waals surface area contributed by atoms with Crippen LogP contribution in [0.1, 0.15) is 5.56 Å². The molecule has 0 aliphatic carbocycles. The van der Waals surface area contributed by atoms with Gasteiger partial charge < -0.3 is 5.73 Å². The molecular formula is C7H5FN2. The summed E-state index contributed by atoms with van der Waals surface area (Å²) in [5.41, 5.74) is 5.51. The first-order valence-electron chi connectivity index (χ1n) is 2.61. The second-order valence-corrected chi connectivity index (χ2v) is 1.73. The number of nitrogens with zero attached hydrogens (tertiary/aromatic N) is 1. The summed E-state index contributed by atoms with van der Waals surface area (Å²) in [4.78, 5) is 3.52. The monoisotopic (exact) mass is 136 g/mol. The summed E-state index contributed by atoms with van der Waals surface area (Å²) in [6.07, 6.45) is 7.35. The van der Waals surface area contributed by atoms with Crippen LogP contribution in [0.3, 0.4) is 0 Å². The molecule has 0 amide bonds. The van der Waals surface area contributed by atoms with Gasteiger partial charge in [-0.3, -0.25) is 4.98 Å². The van der Waals surface area contributed by atoms with E-state index in [1.807, 2.05) is 0 Å². The molecule has 0 radical (unpaired) electrons. The van der Waals surface area contributed by atoms with Gasteiger partial charge in [0, 0.05) is 6.20 Å². The summed E-state index contributed by atoms with van der Waals surface area (Å²) in [6.45, 7) is 0. The lowest BCUT2D eigenvalue weighted by molar-refractivity contribution is 0.626.